The van der Waals surface area contributed by atoms with E-state index in [9.17, 15) is 9.59 Å². The number of carbonyl (C=O) groups is 1. The summed E-state index contributed by atoms with van der Waals surface area (Å²) in [5.41, 5.74) is 5.27. The number of aromatic nitrogens is 1. The van der Waals surface area contributed by atoms with Crippen molar-refractivity contribution in [2.24, 2.45) is 7.05 Å². The maximum absolute atomic E-state index is 13.3. The second-order valence-electron chi connectivity index (χ2n) is 7.74. The maximum atomic E-state index is 13.3. The van der Waals surface area contributed by atoms with Crippen LogP contribution >= 0.6 is 11.6 Å². The minimum absolute atomic E-state index is 0.00253. The monoisotopic (exact) mass is 425 g/mol. The van der Waals surface area contributed by atoms with Gasteiger partial charge in [0.2, 0.25) is 0 Å². The largest absolute Gasteiger partial charge is 0.495 e. The molecule has 7 heteroatoms. The van der Waals surface area contributed by atoms with E-state index >= 15 is 0 Å². The first-order chi connectivity index (χ1) is 14.3. The van der Waals surface area contributed by atoms with Gasteiger partial charge in [0.05, 0.1) is 24.9 Å². The molecule has 1 aromatic heterocycles. The zero-order valence-corrected chi connectivity index (χ0v) is 18.3. The SMILES string of the molecule is COc1ccc(Cl)cc1NC(=O)N1CCc2c(c(=O)c3cc(C)cc(C)c3n2C)C1. The lowest BCUT2D eigenvalue weighted by atomic mass is 9.98. The fourth-order valence-electron chi connectivity index (χ4n) is 4.35. The molecule has 0 saturated carbocycles. The molecule has 0 unspecified atom stereocenters. The molecular weight excluding hydrogens is 402 g/mol. The Morgan fingerprint density at radius 3 is 2.70 bits per heavy atom. The molecule has 0 bridgehead atoms. The number of fused-ring (bicyclic) bond motifs is 2. The standard InChI is InChI=1S/C23H24ClN3O3/c1-13-9-14(2)21-16(10-13)22(28)17-12-27(8-7-19(17)26(21)3)23(29)25-18-11-15(24)5-6-20(18)30-4/h5-6,9-11H,7-8,12H2,1-4H3,(H,25,29). The molecule has 3 aromatic rings. The minimum atomic E-state index is -0.288. The number of anilines is 1. The molecule has 156 valence electrons. The summed E-state index contributed by atoms with van der Waals surface area (Å²) < 4.78 is 7.41. The summed E-state index contributed by atoms with van der Waals surface area (Å²) in [5, 5.41) is 4.06. The Bertz CT molecular complexity index is 1230. The quantitative estimate of drug-likeness (QED) is 0.661. The Morgan fingerprint density at radius 2 is 1.97 bits per heavy atom. The number of ether oxygens (including phenoxy) is 1. The van der Waals surface area contributed by atoms with Gasteiger partial charge in [-0.1, -0.05) is 17.7 Å². The number of hydrogen-bond acceptors (Lipinski definition) is 3. The lowest BCUT2D eigenvalue weighted by Gasteiger charge is -2.31. The number of nitrogens with one attached hydrogen (secondary N) is 1. The highest BCUT2D eigenvalue weighted by Gasteiger charge is 2.26. The molecule has 2 heterocycles. The number of halogens is 1. The molecule has 0 spiro atoms. The van der Waals surface area contributed by atoms with Crippen LogP contribution in [0.4, 0.5) is 10.5 Å². The molecule has 0 aliphatic carbocycles. The van der Waals surface area contributed by atoms with Crippen LogP contribution in [0.5, 0.6) is 5.75 Å². The van der Waals surface area contributed by atoms with Crippen molar-refractivity contribution in [2.45, 2.75) is 26.8 Å². The summed E-state index contributed by atoms with van der Waals surface area (Å²) in [6.45, 7) is 4.80. The van der Waals surface area contributed by atoms with Gasteiger partial charge in [-0.3, -0.25) is 4.79 Å². The average Bonchev–Trinajstić information content (AvgIpc) is 2.71. The number of benzene rings is 2. The van der Waals surface area contributed by atoms with Crippen molar-refractivity contribution in [1.82, 2.24) is 9.47 Å². The van der Waals surface area contributed by atoms with Gasteiger partial charge in [-0.25, -0.2) is 4.79 Å². The van der Waals surface area contributed by atoms with E-state index in [-0.39, 0.29) is 18.0 Å². The van der Waals surface area contributed by atoms with Gasteiger partial charge in [0.15, 0.2) is 5.43 Å². The van der Waals surface area contributed by atoms with Crippen LogP contribution in [0.25, 0.3) is 10.9 Å². The zero-order valence-electron chi connectivity index (χ0n) is 17.5. The number of amides is 2. The lowest BCUT2D eigenvalue weighted by Crippen LogP contribution is -2.42. The highest BCUT2D eigenvalue weighted by atomic mass is 35.5. The second-order valence-corrected chi connectivity index (χ2v) is 8.17. The predicted octanol–water partition coefficient (Wildman–Crippen LogP) is 4.41. The Morgan fingerprint density at radius 1 is 1.20 bits per heavy atom. The maximum Gasteiger partial charge on any atom is 0.322 e. The molecule has 30 heavy (non-hydrogen) atoms. The molecule has 2 aromatic carbocycles. The molecule has 0 radical (unpaired) electrons. The second kappa shape index (κ2) is 7.69. The van der Waals surface area contributed by atoms with Crippen LogP contribution in [0.1, 0.15) is 22.4 Å². The fraction of sp³-hybridized carbons (Fsp3) is 0.304. The van der Waals surface area contributed by atoms with Crippen LogP contribution in [-0.4, -0.2) is 29.2 Å². The predicted molar refractivity (Wildman–Crippen MR) is 120 cm³/mol. The van der Waals surface area contributed by atoms with Crippen molar-refractivity contribution in [3.63, 3.8) is 0 Å². The van der Waals surface area contributed by atoms with E-state index < -0.39 is 0 Å². The van der Waals surface area contributed by atoms with Crippen molar-refractivity contribution in [2.75, 3.05) is 19.0 Å². The Balaban J connectivity index is 1.69. The first-order valence-electron chi connectivity index (χ1n) is 9.81. The average molecular weight is 426 g/mol. The number of aryl methyl sites for hydroxylation is 3. The number of nitrogens with zero attached hydrogens (tertiary/aromatic N) is 2. The van der Waals surface area contributed by atoms with Crippen molar-refractivity contribution in [1.29, 1.82) is 0 Å². The Hall–Kier alpha value is -2.99. The van der Waals surface area contributed by atoms with Crippen LogP contribution < -0.4 is 15.5 Å². The molecule has 1 aliphatic rings. The number of carbonyl (C=O) groups excluding carboxylic acids is 1. The van der Waals surface area contributed by atoms with E-state index in [1.54, 1.807) is 23.1 Å². The number of pyridine rings is 1. The van der Waals surface area contributed by atoms with Crippen LogP contribution in [0.3, 0.4) is 0 Å². The third kappa shape index (κ3) is 3.41. The highest BCUT2D eigenvalue weighted by Crippen LogP contribution is 2.29. The summed E-state index contributed by atoms with van der Waals surface area (Å²) >= 11 is 6.06. The van der Waals surface area contributed by atoms with E-state index in [0.29, 0.717) is 40.4 Å². The Kier molecular flexibility index (Phi) is 5.20. The Labute approximate surface area is 180 Å². The first kappa shape index (κ1) is 20.3. The van der Waals surface area contributed by atoms with E-state index in [1.165, 1.54) is 7.11 Å². The number of methoxy groups -OCH3 is 1. The van der Waals surface area contributed by atoms with Gasteiger partial charge in [-0.05, 0) is 49.2 Å². The van der Waals surface area contributed by atoms with E-state index in [1.807, 2.05) is 27.0 Å². The molecule has 1 aliphatic heterocycles. The molecule has 0 atom stereocenters. The molecule has 2 amide bonds. The lowest BCUT2D eigenvalue weighted by molar-refractivity contribution is 0.205. The topological polar surface area (TPSA) is 63.6 Å². The molecular formula is C23H24ClN3O3. The van der Waals surface area contributed by atoms with Gasteiger partial charge in [0.1, 0.15) is 5.75 Å². The van der Waals surface area contributed by atoms with Crippen LogP contribution in [-0.2, 0) is 20.0 Å². The summed E-state index contributed by atoms with van der Waals surface area (Å²) in [5.74, 6) is 0.526. The first-order valence-corrected chi connectivity index (χ1v) is 10.2. The normalized spacial score (nSPS) is 13.3. The summed E-state index contributed by atoms with van der Waals surface area (Å²) in [6, 6.07) is 8.79. The smallest absolute Gasteiger partial charge is 0.322 e. The van der Waals surface area contributed by atoms with Crippen LogP contribution in [0, 0.1) is 13.8 Å². The third-order valence-electron chi connectivity index (χ3n) is 5.71. The van der Waals surface area contributed by atoms with Gasteiger partial charge < -0.3 is 19.5 Å². The van der Waals surface area contributed by atoms with E-state index in [4.69, 9.17) is 16.3 Å². The van der Waals surface area contributed by atoms with E-state index in [2.05, 4.69) is 16.0 Å². The molecule has 1 N–H and O–H groups in total. The molecule has 0 fully saturated rings. The van der Waals surface area contributed by atoms with Gasteiger partial charge in [0, 0.05) is 41.7 Å². The van der Waals surface area contributed by atoms with Crippen molar-refractivity contribution in [3.8, 4) is 5.75 Å². The molecule has 4 rings (SSSR count). The van der Waals surface area contributed by atoms with Crippen LogP contribution in [0.2, 0.25) is 5.02 Å². The van der Waals surface area contributed by atoms with Crippen molar-refractivity contribution in [3.05, 3.63) is 68.0 Å². The third-order valence-corrected chi connectivity index (χ3v) is 5.95. The summed E-state index contributed by atoms with van der Waals surface area (Å²) in [4.78, 5) is 27.9. The number of hydrogen-bond donors (Lipinski definition) is 1. The molecule has 0 saturated heterocycles. The van der Waals surface area contributed by atoms with Gasteiger partial charge in [-0.2, -0.15) is 0 Å². The van der Waals surface area contributed by atoms with Crippen LogP contribution in [0.15, 0.2) is 35.1 Å². The fourth-order valence-corrected chi connectivity index (χ4v) is 4.52. The zero-order chi connectivity index (χ0) is 21.6. The number of rotatable bonds is 2. The van der Waals surface area contributed by atoms with Crippen molar-refractivity contribution >= 4 is 34.2 Å². The van der Waals surface area contributed by atoms with Gasteiger partial charge in [0.25, 0.3) is 0 Å². The summed E-state index contributed by atoms with van der Waals surface area (Å²) in [7, 11) is 3.53. The number of urea groups is 1. The molecule has 6 nitrogen and oxygen atoms in total. The van der Waals surface area contributed by atoms with Gasteiger partial charge in [-0.15, -0.1) is 0 Å². The highest BCUT2D eigenvalue weighted by molar-refractivity contribution is 6.31. The summed E-state index contributed by atoms with van der Waals surface area (Å²) in [6.07, 6.45) is 0.616. The van der Waals surface area contributed by atoms with Crippen molar-refractivity contribution < 1.29 is 9.53 Å². The minimum Gasteiger partial charge on any atom is -0.495 e. The van der Waals surface area contributed by atoms with Gasteiger partial charge >= 0.3 is 6.03 Å². The van der Waals surface area contributed by atoms with E-state index in [0.717, 1.165) is 22.3 Å².